The molecule has 4 aliphatic rings. The first-order valence-electron chi connectivity index (χ1n) is 18.3. The Kier molecular flexibility index (Phi) is 12.9. The standard InChI is InChI=1S/C35H67N3O6S/c1-24(2)35(23-39,44-45(41,42)43)16-11-25(3)28-9-10-29-32-30(13-15-34(28,29)5)33(4)14-12-27(21-26(33)22-31(32)40)38-20-8-19-37-18-7-6-17-36/h24-32,37-40H,6-23,36H2,1-5H3,(H,41,42,43)/t25-,26-,27+,28?,29+,30+,31-,32+,33+,34-,35+/m1/s1. The number of nitrogens with two attached hydrogens (primary N) is 1. The minimum atomic E-state index is -4.68. The lowest BCUT2D eigenvalue weighted by Gasteiger charge is -2.62. The molecule has 0 heterocycles. The van der Waals surface area contributed by atoms with Gasteiger partial charge in [0.2, 0.25) is 0 Å². The third kappa shape index (κ3) is 8.28. The third-order valence-electron chi connectivity index (χ3n) is 13.8. The van der Waals surface area contributed by atoms with Crippen LogP contribution in [0.3, 0.4) is 0 Å². The molecular weight excluding hydrogens is 590 g/mol. The van der Waals surface area contributed by atoms with E-state index < -0.39 is 22.6 Å². The van der Waals surface area contributed by atoms with Gasteiger partial charge in [-0.05, 0) is 162 Å². The van der Waals surface area contributed by atoms with Crippen LogP contribution in [0.15, 0.2) is 0 Å². The van der Waals surface area contributed by atoms with Gasteiger partial charge in [-0.2, -0.15) is 8.42 Å². The van der Waals surface area contributed by atoms with E-state index in [0.29, 0.717) is 53.4 Å². The number of nitrogens with one attached hydrogen (secondary N) is 2. The Bertz CT molecular complexity index is 1050. The molecule has 4 fully saturated rings. The number of rotatable bonds is 17. The molecule has 9 nitrogen and oxygen atoms in total. The van der Waals surface area contributed by atoms with Gasteiger partial charge in [-0.1, -0.05) is 34.6 Å². The molecule has 0 radical (unpaired) electrons. The summed E-state index contributed by atoms with van der Waals surface area (Å²) in [5.74, 6) is 2.52. The Morgan fingerprint density at radius 1 is 0.956 bits per heavy atom. The number of unbranched alkanes of at least 4 members (excludes halogenated alkanes) is 1. The fourth-order valence-corrected chi connectivity index (χ4v) is 11.8. The van der Waals surface area contributed by atoms with Crippen LogP contribution in [-0.4, -0.2) is 73.7 Å². The molecule has 11 atom stereocenters. The fourth-order valence-electron chi connectivity index (χ4n) is 11.0. The number of hydrogen-bond donors (Lipinski definition) is 6. The van der Waals surface area contributed by atoms with Crippen LogP contribution in [0.4, 0.5) is 0 Å². The van der Waals surface area contributed by atoms with Gasteiger partial charge in [0.25, 0.3) is 0 Å². The average molecular weight is 658 g/mol. The Morgan fingerprint density at radius 2 is 1.64 bits per heavy atom. The van der Waals surface area contributed by atoms with Gasteiger partial charge in [0.05, 0.1) is 12.7 Å². The molecule has 264 valence electrons. The van der Waals surface area contributed by atoms with Crippen LogP contribution in [0.5, 0.6) is 0 Å². The molecule has 0 amide bonds. The number of hydrogen-bond acceptors (Lipinski definition) is 8. The molecule has 4 aliphatic carbocycles. The van der Waals surface area contributed by atoms with Crippen LogP contribution in [-0.2, 0) is 14.6 Å². The van der Waals surface area contributed by atoms with Crippen molar-refractivity contribution in [3.05, 3.63) is 0 Å². The Morgan fingerprint density at radius 3 is 2.31 bits per heavy atom. The monoisotopic (exact) mass is 657 g/mol. The minimum Gasteiger partial charge on any atom is -0.393 e. The van der Waals surface area contributed by atoms with Gasteiger partial charge in [0, 0.05) is 6.04 Å². The zero-order valence-electron chi connectivity index (χ0n) is 29.0. The summed E-state index contributed by atoms with van der Waals surface area (Å²) in [4.78, 5) is 0. The zero-order valence-corrected chi connectivity index (χ0v) is 29.8. The Hall–Kier alpha value is -0.330. The maximum atomic E-state index is 11.8. The quantitative estimate of drug-likeness (QED) is 0.0946. The molecule has 0 aliphatic heterocycles. The fraction of sp³-hybridized carbons (Fsp3) is 1.00. The molecule has 4 saturated carbocycles. The minimum absolute atomic E-state index is 0.144. The van der Waals surface area contributed by atoms with Crippen molar-refractivity contribution in [3.63, 3.8) is 0 Å². The van der Waals surface area contributed by atoms with Crippen LogP contribution in [0.1, 0.15) is 118 Å². The van der Waals surface area contributed by atoms with Gasteiger partial charge in [-0.15, -0.1) is 0 Å². The second-order valence-corrected chi connectivity index (χ2v) is 17.5. The van der Waals surface area contributed by atoms with E-state index in [9.17, 15) is 23.2 Å². The largest absolute Gasteiger partial charge is 0.397 e. The van der Waals surface area contributed by atoms with Crippen LogP contribution in [0, 0.1) is 52.3 Å². The second-order valence-electron chi connectivity index (χ2n) is 16.5. The molecule has 45 heavy (non-hydrogen) atoms. The molecule has 0 spiro atoms. The SMILES string of the molecule is CC(C)[C@@](CO)(CC[C@@H](C)C1CC[C@H]2[C@@H]3[C@H](O)C[C@H]4C[C@@H](NCCCNCCCCN)CC[C@]4(C)[C@H]3CC[C@]12C)OS(=O)(=O)O. The normalized spacial score (nSPS) is 38.8. The number of aliphatic hydroxyl groups is 2. The van der Waals surface area contributed by atoms with E-state index in [1.807, 2.05) is 13.8 Å². The van der Waals surface area contributed by atoms with Gasteiger partial charge >= 0.3 is 10.4 Å². The van der Waals surface area contributed by atoms with Crippen molar-refractivity contribution >= 4 is 10.4 Å². The summed E-state index contributed by atoms with van der Waals surface area (Å²) in [7, 11) is -4.68. The van der Waals surface area contributed by atoms with Crippen molar-refractivity contribution < 1.29 is 27.4 Å². The van der Waals surface area contributed by atoms with Crippen LogP contribution in [0.2, 0.25) is 0 Å². The van der Waals surface area contributed by atoms with Gasteiger partial charge < -0.3 is 26.6 Å². The van der Waals surface area contributed by atoms with Gasteiger partial charge in [0.15, 0.2) is 0 Å². The highest BCUT2D eigenvalue weighted by Gasteiger charge is 2.63. The topological polar surface area (TPSA) is 154 Å². The number of fused-ring (bicyclic) bond motifs is 5. The van der Waals surface area contributed by atoms with Crippen LogP contribution >= 0.6 is 0 Å². The highest BCUT2D eigenvalue weighted by molar-refractivity contribution is 7.80. The molecule has 7 N–H and O–H groups in total. The lowest BCUT2D eigenvalue weighted by molar-refractivity contribution is -0.167. The van der Waals surface area contributed by atoms with E-state index in [1.54, 1.807) is 0 Å². The summed E-state index contributed by atoms with van der Waals surface area (Å²) >= 11 is 0. The summed E-state index contributed by atoms with van der Waals surface area (Å²) < 4.78 is 37.9. The van der Waals surface area contributed by atoms with E-state index in [4.69, 9.17) is 9.92 Å². The predicted octanol–water partition coefficient (Wildman–Crippen LogP) is 4.92. The first-order chi connectivity index (χ1) is 21.2. The molecule has 10 heteroatoms. The van der Waals surface area contributed by atoms with E-state index in [-0.39, 0.29) is 17.4 Å². The van der Waals surface area contributed by atoms with Gasteiger partial charge in [0.1, 0.15) is 5.60 Å². The molecule has 4 rings (SSSR count). The smallest absolute Gasteiger partial charge is 0.393 e. The molecule has 1 unspecified atom stereocenters. The summed E-state index contributed by atoms with van der Waals surface area (Å²) in [6, 6.07) is 0.552. The van der Waals surface area contributed by atoms with Gasteiger partial charge in [-0.3, -0.25) is 4.55 Å². The number of aliphatic hydroxyl groups excluding tert-OH is 2. The maximum absolute atomic E-state index is 11.8. The Balaban J connectivity index is 1.35. The van der Waals surface area contributed by atoms with Crippen molar-refractivity contribution in [1.82, 2.24) is 10.6 Å². The first kappa shape index (κ1) is 37.5. The van der Waals surface area contributed by atoms with Crippen molar-refractivity contribution in [3.8, 4) is 0 Å². The Labute approximate surface area is 274 Å². The lowest BCUT2D eigenvalue weighted by Crippen LogP contribution is -2.59. The summed E-state index contributed by atoms with van der Waals surface area (Å²) in [6.07, 6.45) is 13.4. The predicted molar refractivity (Wildman–Crippen MR) is 180 cm³/mol. The first-order valence-corrected chi connectivity index (χ1v) is 19.7. The highest BCUT2D eigenvalue weighted by Crippen LogP contribution is 2.68. The van der Waals surface area contributed by atoms with E-state index >= 15 is 0 Å². The van der Waals surface area contributed by atoms with Crippen molar-refractivity contribution in [1.29, 1.82) is 0 Å². The van der Waals surface area contributed by atoms with E-state index in [0.717, 1.165) is 71.1 Å². The lowest BCUT2D eigenvalue weighted by atomic mass is 9.43. The van der Waals surface area contributed by atoms with Crippen LogP contribution < -0.4 is 16.4 Å². The molecule has 0 aromatic heterocycles. The summed E-state index contributed by atoms with van der Waals surface area (Å²) in [5, 5.41) is 29.4. The maximum Gasteiger partial charge on any atom is 0.397 e. The average Bonchev–Trinajstić information content (AvgIpc) is 3.33. The summed E-state index contributed by atoms with van der Waals surface area (Å²) in [6.45, 7) is 14.4. The van der Waals surface area contributed by atoms with Crippen molar-refractivity contribution in [2.24, 2.45) is 58.0 Å². The van der Waals surface area contributed by atoms with E-state index in [2.05, 4.69) is 31.4 Å². The van der Waals surface area contributed by atoms with Crippen LogP contribution in [0.25, 0.3) is 0 Å². The second kappa shape index (κ2) is 15.5. The highest BCUT2D eigenvalue weighted by atomic mass is 32.3. The van der Waals surface area contributed by atoms with Gasteiger partial charge in [-0.25, -0.2) is 4.18 Å². The zero-order chi connectivity index (χ0) is 33.0. The van der Waals surface area contributed by atoms with Crippen molar-refractivity contribution in [2.75, 3.05) is 32.8 Å². The summed E-state index contributed by atoms with van der Waals surface area (Å²) in [5.41, 5.74) is 4.70. The molecule has 0 aromatic rings. The molecule has 0 aromatic carbocycles. The third-order valence-corrected chi connectivity index (χ3v) is 14.4. The molecule has 0 bridgehead atoms. The molecule has 0 saturated heterocycles. The van der Waals surface area contributed by atoms with E-state index in [1.165, 1.54) is 32.1 Å². The van der Waals surface area contributed by atoms with Crippen molar-refractivity contribution in [2.45, 2.75) is 136 Å². The molecular formula is C35H67N3O6S.